The molecule has 0 spiro atoms. The lowest BCUT2D eigenvalue weighted by atomic mass is 9.92. The minimum atomic E-state index is 1.11. The molecule has 123 heavy (non-hydrogen) atoms. The van der Waals surface area contributed by atoms with Gasteiger partial charge in [-0.1, -0.05) is 505 Å². The fourth-order valence-electron chi connectivity index (χ4n) is 22.0. The van der Waals surface area contributed by atoms with E-state index in [9.17, 15) is 0 Å². The van der Waals surface area contributed by atoms with E-state index in [-0.39, 0.29) is 0 Å². The van der Waals surface area contributed by atoms with E-state index in [1.165, 1.54) is 539 Å². The Hall–Kier alpha value is -3.72. The molecule has 0 aliphatic carbocycles. The van der Waals surface area contributed by atoms with Crippen LogP contribution in [0, 0.1) is 0 Å². The predicted molar refractivity (Wildman–Crippen MR) is 559 cm³/mol. The molecular weight excluding hydrogens is 1480 g/mol. The Morgan fingerprint density at radius 3 is 0.407 bits per heavy atom. The number of unbranched alkanes of at least 4 members (excludes halogenated alkanes) is 69. The Morgan fingerprint density at radius 2 is 0.260 bits per heavy atom. The molecule has 3 heteroatoms. The molecule has 0 atom stereocenters. The van der Waals surface area contributed by atoms with Crippen molar-refractivity contribution < 1.29 is 0 Å². The van der Waals surface area contributed by atoms with E-state index in [0.717, 1.165) is 19.6 Å². The molecule has 0 bridgehead atoms. The Morgan fingerprint density at radius 1 is 0.138 bits per heavy atom. The molecule has 0 unspecified atom stereocenters. The summed E-state index contributed by atoms with van der Waals surface area (Å²) in [6.07, 6.45) is 115. The van der Waals surface area contributed by atoms with Gasteiger partial charge >= 0.3 is 0 Å². The molecule has 0 saturated heterocycles. The van der Waals surface area contributed by atoms with E-state index in [2.05, 4.69) is 112 Å². The number of rotatable bonds is 87. The van der Waals surface area contributed by atoms with Crippen LogP contribution in [0.15, 0.2) is 36.4 Å². The molecule has 0 fully saturated rings. The van der Waals surface area contributed by atoms with Crippen LogP contribution in [-0.4, -0.2) is 13.7 Å². The first-order chi connectivity index (χ1) is 60.9. The van der Waals surface area contributed by atoms with Gasteiger partial charge in [-0.25, -0.2) is 0 Å². The highest BCUT2D eigenvalue weighted by molar-refractivity contribution is 6.39. The summed E-state index contributed by atoms with van der Waals surface area (Å²) in [4.78, 5) is 0. The fraction of sp³-hybridized carbons (Fsp3) is 0.800. The van der Waals surface area contributed by atoms with E-state index in [1.807, 2.05) is 0 Å². The van der Waals surface area contributed by atoms with Crippen LogP contribution in [0.25, 0.3) is 65.4 Å². The molecule has 4 aromatic carbocycles. The van der Waals surface area contributed by atoms with Gasteiger partial charge in [0.05, 0.1) is 16.6 Å². The largest absolute Gasteiger partial charge is 0.340 e. The maximum Gasteiger partial charge on any atom is 0.0614 e. The third kappa shape index (κ3) is 39.9. The zero-order valence-corrected chi connectivity index (χ0v) is 84.3. The lowest BCUT2D eigenvalue weighted by molar-refractivity contribution is 0.541. The van der Waals surface area contributed by atoms with Crippen molar-refractivity contribution in [2.75, 3.05) is 0 Å². The van der Waals surface area contributed by atoms with Gasteiger partial charge in [-0.2, -0.15) is 0 Å². The summed E-state index contributed by atoms with van der Waals surface area (Å²) in [6.45, 7) is 24.8. The molecule has 0 radical (unpaired) electrons. The molecular formula is C120H207N3. The van der Waals surface area contributed by atoms with Crippen LogP contribution in [0.1, 0.15) is 597 Å². The fourth-order valence-corrected chi connectivity index (χ4v) is 22.0. The number of aryl methyl sites for hydroxylation is 9. The Bertz CT molecular complexity index is 3290. The number of hydrogen-bond acceptors (Lipinski definition) is 0. The average Bonchev–Trinajstić information content (AvgIpc) is 1.51. The second-order valence-electron chi connectivity index (χ2n) is 40.9. The van der Waals surface area contributed by atoms with Crippen molar-refractivity contribution >= 4 is 65.4 Å². The lowest BCUT2D eigenvalue weighted by Crippen LogP contribution is -2.02. The van der Waals surface area contributed by atoms with Crippen molar-refractivity contribution in [1.82, 2.24) is 13.7 Å². The molecule has 3 nitrogen and oxygen atoms in total. The number of benzene rings is 4. The number of hydrogen-bond donors (Lipinski definition) is 0. The smallest absolute Gasteiger partial charge is 0.0614 e. The summed E-state index contributed by atoms with van der Waals surface area (Å²) in [5.41, 5.74) is 19.9. The van der Waals surface area contributed by atoms with Gasteiger partial charge in [0.15, 0.2) is 0 Å². The Kier molecular flexibility index (Phi) is 60.6. The number of nitrogens with zero attached hydrogens (tertiary/aromatic N) is 3. The van der Waals surface area contributed by atoms with Gasteiger partial charge in [-0.15, -0.1) is 0 Å². The SMILES string of the molecule is CCCCCCCCCCCCn1c2cc(CCCCCCCCCC)c(CCCCCCCCCC)cc2c2c1c1c3cc(CCCCCCCCCC)c(CCCCCCCCCC)cc3n(CCCCCCCCCCCC)c1c1c3cc(CCCCCCCCCC)c(CCCCCCCCCC)cc3n(CCCCCCCCCCCC)c21. The first kappa shape index (κ1) is 106. The van der Waals surface area contributed by atoms with Crippen LogP contribution in [-0.2, 0) is 58.2 Å². The topological polar surface area (TPSA) is 14.8 Å². The highest BCUT2D eigenvalue weighted by Crippen LogP contribution is 2.51. The Labute approximate surface area is 765 Å². The van der Waals surface area contributed by atoms with Crippen LogP contribution >= 0.6 is 0 Å². The van der Waals surface area contributed by atoms with E-state index in [1.54, 1.807) is 98.8 Å². The minimum absolute atomic E-state index is 1.11. The van der Waals surface area contributed by atoms with Gasteiger partial charge < -0.3 is 13.7 Å². The molecule has 0 amide bonds. The maximum atomic E-state index is 3.12. The second kappa shape index (κ2) is 70.2. The van der Waals surface area contributed by atoms with Crippen LogP contribution < -0.4 is 0 Å². The summed E-state index contributed by atoms with van der Waals surface area (Å²) in [5, 5.41) is 9.80. The second-order valence-corrected chi connectivity index (χ2v) is 40.9. The zero-order chi connectivity index (χ0) is 86.9. The lowest BCUT2D eigenvalue weighted by Gasteiger charge is -2.14. The standard InChI is InChI=1S/C120H207N3/c1-10-19-28-37-46-55-58-67-76-85-94-121-112-100-106(91-82-73-64-52-43-34-25-16-7)103(88-79-70-61-49-40-31-22-13-4)97-109(112)115-118(121)116-110-98-104(89-80-71-62-50-41-32-23-14-5)107(92-83-74-65-53-44-35-26-17-8)101-113(110)122(95-86-77-68-59-56-47-38-29-20-11-2)120(116)117-111-99-105(90-81-72-63-51-42-33-24-15-6)108(93-84-75-66-54-45-36-27-18-9)102-114(111)123(119(115)117)96-87-78-69-60-57-48-39-30-21-12-3/h97-102H,10-96H2,1-9H3. The molecule has 3 heterocycles. The molecule has 3 aromatic heterocycles. The van der Waals surface area contributed by atoms with Crippen molar-refractivity contribution in [3.05, 3.63) is 69.8 Å². The summed E-state index contributed by atoms with van der Waals surface area (Å²) in [7, 11) is 0. The highest BCUT2D eigenvalue weighted by Gasteiger charge is 2.30. The molecule has 7 aromatic rings. The minimum Gasteiger partial charge on any atom is -0.340 e. The quantitative estimate of drug-likeness (QED) is 0.0338. The summed E-state index contributed by atoms with van der Waals surface area (Å²) in [6, 6.07) is 17.7. The summed E-state index contributed by atoms with van der Waals surface area (Å²) in [5.74, 6) is 0. The zero-order valence-electron chi connectivity index (χ0n) is 84.3. The Balaban J connectivity index is 1.62. The highest BCUT2D eigenvalue weighted by atomic mass is 15.0. The number of aromatic nitrogens is 3. The average molecular weight is 1690 g/mol. The summed E-state index contributed by atoms with van der Waals surface area (Å²) >= 11 is 0. The third-order valence-electron chi connectivity index (χ3n) is 29.9. The van der Waals surface area contributed by atoms with Crippen molar-refractivity contribution in [1.29, 1.82) is 0 Å². The van der Waals surface area contributed by atoms with Crippen LogP contribution in [0.3, 0.4) is 0 Å². The van der Waals surface area contributed by atoms with Gasteiger partial charge in [0.2, 0.25) is 0 Å². The molecule has 0 saturated carbocycles. The van der Waals surface area contributed by atoms with Crippen molar-refractivity contribution in [2.45, 2.75) is 621 Å². The van der Waals surface area contributed by atoms with Gasteiger partial charge in [0, 0.05) is 68.5 Å². The van der Waals surface area contributed by atoms with Crippen LogP contribution in [0.5, 0.6) is 0 Å². The predicted octanol–water partition coefficient (Wildman–Crippen LogP) is 41.9. The van der Waals surface area contributed by atoms with Gasteiger partial charge in [0.1, 0.15) is 0 Å². The van der Waals surface area contributed by atoms with Gasteiger partial charge in [0.25, 0.3) is 0 Å². The first-order valence-corrected chi connectivity index (χ1v) is 57.0. The monoisotopic (exact) mass is 1690 g/mol. The van der Waals surface area contributed by atoms with E-state index < -0.39 is 0 Å². The van der Waals surface area contributed by atoms with E-state index in [4.69, 9.17) is 0 Å². The third-order valence-corrected chi connectivity index (χ3v) is 29.9. The molecule has 7 rings (SSSR count). The van der Waals surface area contributed by atoms with Gasteiger partial charge in [-0.05, 0) is 166 Å². The maximum absolute atomic E-state index is 3.12. The van der Waals surface area contributed by atoms with Crippen molar-refractivity contribution in [3.63, 3.8) is 0 Å². The van der Waals surface area contributed by atoms with E-state index in [0.29, 0.717) is 0 Å². The first-order valence-electron chi connectivity index (χ1n) is 57.0. The van der Waals surface area contributed by atoms with Gasteiger partial charge in [-0.3, -0.25) is 0 Å². The molecule has 0 aliphatic heterocycles. The number of fused-ring (bicyclic) bond motifs is 12. The van der Waals surface area contributed by atoms with Crippen LogP contribution in [0.2, 0.25) is 0 Å². The van der Waals surface area contributed by atoms with Crippen molar-refractivity contribution in [2.24, 2.45) is 0 Å². The molecule has 0 aliphatic rings. The van der Waals surface area contributed by atoms with Crippen molar-refractivity contribution in [3.8, 4) is 0 Å². The van der Waals surface area contributed by atoms with E-state index >= 15 is 0 Å². The normalized spacial score (nSPS) is 12.2. The summed E-state index contributed by atoms with van der Waals surface area (Å²) < 4.78 is 9.36. The molecule has 0 N–H and O–H groups in total. The molecule has 702 valence electrons. The van der Waals surface area contributed by atoms with Crippen LogP contribution in [0.4, 0.5) is 0 Å².